The van der Waals surface area contributed by atoms with Crippen LogP contribution in [-0.4, -0.2) is 12.7 Å². The summed E-state index contributed by atoms with van der Waals surface area (Å²) in [5, 5.41) is 0. The van der Waals surface area contributed by atoms with E-state index in [-0.39, 0.29) is 5.60 Å². The fourth-order valence-electron chi connectivity index (χ4n) is 3.55. The smallest absolute Gasteiger partial charge is 0.124 e. The Kier molecular flexibility index (Phi) is 6.05. The number of methoxy groups -OCH3 is 1. The van der Waals surface area contributed by atoms with Crippen LogP contribution in [0.25, 0.3) is 12.2 Å². The molecule has 1 aliphatic carbocycles. The summed E-state index contributed by atoms with van der Waals surface area (Å²) in [4.78, 5) is 0. The van der Waals surface area contributed by atoms with Gasteiger partial charge in [0.1, 0.15) is 17.1 Å². The first-order valence-corrected chi connectivity index (χ1v) is 9.77. The minimum Gasteiger partial charge on any atom is -0.497 e. The molecule has 1 unspecified atom stereocenters. The van der Waals surface area contributed by atoms with Gasteiger partial charge in [-0.15, -0.1) is 0 Å². The third-order valence-electron chi connectivity index (χ3n) is 5.52. The van der Waals surface area contributed by atoms with Gasteiger partial charge in [0.2, 0.25) is 0 Å². The molecule has 2 nitrogen and oxygen atoms in total. The van der Waals surface area contributed by atoms with Crippen molar-refractivity contribution in [2.45, 2.75) is 45.6 Å². The third-order valence-corrected chi connectivity index (χ3v) is 5.52. The van der Waals surface area contributed by atoms with Crippen LogP contribution in [0.1, 0.15) is 51.2 Å². The molecule has 0 radical (unpaired) electrons. The number of allylic oxidation sites excluding steroid dienone is 1. The second kappa shape index (κ2) is 8.47. The maximum atomic E-state index is 6.63. The van der Waals surface area contributed by atoms with Gasteiger partial charge in [-0.05, 0) is 48.9 Å². The lowest BCUT2D eigenvalue weighted by Crippen LogP contribution is -2.42. The molecule has 27 heavy (non-hydrogen) atoms. The molecule has 142 valence electrons. The molecule has 0 aromatic heterocycles. The van der Waals surface area contributed by atoms with E-state index in [2.05, 4.69) is 57.2 Å². The SMILES string of the molecule is COc1cc(/C=C/c2ccccc2)cc(OC2(C(C)C)CC=C(C)CC2)c1. The molecule has 1 aliphatic rings. The zero-order valence-corrected chi connectivity index (χ0v) is 16.9. The van der Waals surface area contributed by atoms with Crippen molar-refractivity contribution in [2.24, 2.45) is 5.92 Å². The maximum absolute atomic E-state index is 6.63. The summed E-state index contributed by atoms with van der Waals surface area (Å²) in [7, 11) is 1.70. The summed E-state index contributed by atoms with van der Waals surface area (Å²) in [5.74, 6) is 2.14. The molecular formula is C25H30O2. The van der Waals surface area contributed by atoms with Gasteiger partial charge in [0.15, 0.2) is 0 Å². The molecule has 0 saturated heterocycles. The lowest BCUT2D eigenvalue weighted by atomic mass is 9.78. The highest BCUT2D eigenvalue weighted by Crippen LogP contribution is 2.39. The predicted molar refractivity (Wildman–Crippen MR) is 114 cm³/mol. The first-order valence-electron chi connectivity index (χ1n) is 9.77. The van der Waals surface area contributed by atoms with E-state index in [0.717, 1.165) is 36.3 Å². The van der Waals surface area contributed by atoms with Crippen LogP contribution in [0.4, 0.5) is 0 Å². The van der Waals surface area contributed by atoms with Crippen molar-refractivity contribution < 1.29 is 9.47 Å². The van der Waals surface area contributed by atoms with Gasteiger partial charge in [0, 0.05) is 12.5 Å². The Morgan fingerprint density at radius 1 is 0.963 bits per heavy atom. The number of hydrogen-bond donors (Lipinski definition) is 0. The van der Waals surface area contributed by atoms with Crippen molar-refractivity contribution in [1.29, 1.82) is 0 Å². The number of ether oxygens (including phenoxy) is 2. The third kappa shape index (κ3) is 4.82. The minimum atomic E-state index is -0.147. The second-order valence-corrected chi connectivity index (χ2v) is 7.76. The molecule has 0 saturated carbocycles. The molecule has 0 bridgehead atoms. The highest BCUT2D eigenvalue weighted by molar-refractivity contribution is 5.71. The van der Waals surface area contributed by atoms with Gasteiger partial charge < -0.3 is 9.47 Å². The van der Waals surface area contributed by atoms with Gasteiger partial charge in [0.05, 0.1) is 7.11 Å². The number of rotatable bonds is 6. The van der Waals surface area contributed by atoms with E-state index in [4.69, 9.17) is 9.47 Å². The molecule has 0 amide bonds. The second-order valence-electron chi connectivity index (χ2n) is 7.76. The van der Waals surface area contributed by atoms with Crippen LogP contribution < -0.4 is 9.47 Å². The van der Waals surface area contributed by atoms with E-state index in [9.17, 15) is 0 Å². The highest BCUT2D eigenvalue weighted by atomic mass is 16.5. The Labute approximate surface area is 163 Å². The molecule has 0 N–H and O–H groups in total. The van der Waals surface area contributed by atoms with E-state index in [1.165, 1.54) is 11.1 Å². The molecule has 0 heterocycles. The summed E-state index contributed by atoms with van der Waals surface area (Å²) in [6.45, 7) is 6.72. The van der Waals surface area contributed by atoms with Crippen molar-refractivity contribution in [3.63, 3.8) is 0 Å². The Bertz CT molecular complexity index is 817. The highest BCUT2D eigenvalue weighted by Gasteiger charge is 2.37. The Balaban J connectivity index is 1.88. The number of benzene rings is 2. The fraction of sp³-hybridized carbons (Fsp3) is 0.360. The molecule has 1 atom stereocenters. The molecule has 0 aliphatic heterocycles. The monoisotopic (exact) mass is 362 g/mol. The molecule has 2 aromatic rings. The van der Waals surface area contributed by atoms with Crippen molar-refractivity contribution in [3.05, 3.63) is 71.3 Å². The van der Waals surface area contributed by atoms with E-state index < -0.39 is 0 Å². The zero-order chi connectivity index (χ0) is 19.3. The van der Waals surface area contributed by atoms with Gasteiger partial charge in [0.25, 0.3) is 0 Å². The molecule has 2 aromatic carbocycles. The van der Waals surface area contributed by atoms with E-state index in [1.54, 1.807) is 7.11 Å². The van der Waals surface area contributed by atoms with Crippen LogP contribution >= 0.6 is 0 Å². The minimum absolute atomic E-state index is 0.147. The average Bonchev–Trinajstić information content (AvgIpc) is 2.69. The van der Waals surface area contributed by atoms with Crippen LogP contribution in [0, 0.1) is 5.92 Å². The van der Waals surface area contributed by atoms with Crippen molar-refractivity contribution >= 4 is 12.2 Å². The summed E-state index contributed by atoms with van der Waals surface area (Å²) < 4.78 is 12.2. The van der Waals surface area contributed by atoms with Gasteiger partial charge >= 0.3 is 0 Å². The number of hydrogen-bond acceptors (Lipinski definition) is 2. The van der Waals surface area contributed by atoms with Crippen LogP contribution in [-0.2, 0) is 0 Å². The lowest BCUT2D eigenvalue weighted by molar-refractivity contribution is 0.0119. The van der Waals surface area contributed by atoms with Gasteiger partial charge in [-0.3, -0.25) is 0 Å². The van der Waals surface area contributed by atoms with E-state index >= 15 is 0 Å². The van der Waals surface area contributed by atoms with Crippen LogP contribution in [0.3, 0.4) is 0 Å². The Morgan fingerprint density at radius 2 is 1.67 bits per heavy atom. The first-order chi connectivity index (χ1) is 13.0. The van der Waals surface area contributed by atoms with Crippen molar-refractivity contribution in [3.8, 4) is 11.5 Å². The first kappa shape index (κ1) is 19.3. The molecule has 0 fully saturated rings. The van der Waals surface area contributed by atoms with E-state index in [0.29, 0.717) is 5.92 Å². The van der Waals surface area contributed by atoms with Crippen LogP contribution in [0.15, 0.2) is 60.2 Å². The van der Waals surface area contributed by atoms with E-state index in [1.807, 2.05) is 30.3 Å². The Morgan fingerprint density at radius 3 is 2.30 bits per heavy atom. The normalized spacial score (nSPS) is 20.0. The maximum Gasteiger partial charge on any atom is 0.124 e. The molecule has 0 spiro atoms. The Hall–Kier alpha value is -2.48. The lowest BCUT2D eigenvalue weighted by Gasteiger charge is -2.40. The molecule has 2 heteroatoms. The predicted octanol–water partition coefficient (Wildman–Crippen LogP) is 6.77. The van der Waals surface area contributed by atoms with Crippen LogP contribution in [0.5, 0.6) is 11.5 Å². The summed E-state index contributed by atoms with van der Waals surface area (Å²) in [6, 6.07) is 16.5. The average molecular weight is 363 g/mol. The molecular weight excluding hydrogens is 332 g/mol. The fourth-order valence-corrected chi connectivity index (χ4v) is 3.55. The molecule has 3 rings (SSSR count). The summed E-state index contributed by atoms with van der Waals surface area (Å²) >= 11 is 0. The van der Waals surface area contributed by atoms with Crippen molar-refractivity contribution in [1.82, 2.24) is 0 Å². The van der Waals surface area contributed by atoms with Gasteiger partial charge in [-0.1, -0.05) is 68.0 Å². The zero-order valence-electron chi connectivity index (χ0n) is 16.9. The largest absolute Gasteiger partial charge is 0.497 e. The van der Waals surface area contributed by atoms with Crippen LogP contribution in [0.2, 0.25) is 0 Å². The standard InChI is InChI=1S/C25H30O2/c1-19(2)25(14-12-20(3)13-15-25)27-24-17-22(16-23(18-24)26-4)11-10-21-8-6-5-7-9-21/h5-12,16-19H,13-15H2,1-4H3/b11-10+. The van der Waals surface area contributed by atoms with Crippen molar-refractivity contribution in [2.75, 3.05) is 7.11 Å². The summed E-state index contributed by atoms with van der Waals surface area (Å²) in [6.07, 6.45) is 9.67. The van der Waals surface area contributed by atoms with Gasteiger partial charge in [-0.2, -0.15) is 0 Å². The quantitative estimate of drug-likeness (QED) is 0.417. The summed E-state index contributed by atoms with van der Waals surface area (Å²) in [5.41, 5.74) is 3.57. The van der Waals surface area contributed by atoms with Gasteiger partial charge in [-0.25, -0.2) is 0 Å². The topological polar surface area (TPSA) is 18.5 Å².